The van der Waals surface area contributed by atoms with Gasteiger partial charge in [-0.3, -0.25) is 4.79 Å². The van der Waals surface area contributed by atoms with E-state index in [1.807, 2.05) is 53.8 Å². The number of carbonyl (C=O) groups is 1. The van der Waals surface area contributed by atoms with Crippen molar-refractivity contribution in [2.45, 2.75) is 9.79 Å². The molecule has 4 rings (SSSR count). The number of hydrogen-bond donors (Lipinski definition) is 4. The van der Waals surface area contributed by atoms with Crippen molar-refractivity contribution in [3.8, 4) is 5.75 Å². The standard InChI is InChI=1S/C25H22ClN5O3S2/c1-31(17-5-3-2-4-6-17)35-18-11-15-7-9-19(27)25(24(15)21(32)13-18)30-29-20-10-8-16(12-22(20)36-34)28-23(33)14-26/h2-13,32,34H,14,27H2,1H3,(H,28,33). The number of aromatic hydroxyl groups is 1. The minimum absolute atomic E-state index is 0.0219. The van der Waals surface area contributed by atoms with Crippen molar-refractivity contribution in [2.24, 2.45) is 10.2 Å². The predicted octanol–water partition coefficient (Wildman–Crippen LogP) is 7.43. The van der Waals surface area contributed by atoms with Crippen LogP contribution in [0.5, 0.6) is 5.75 Å². The van der Waals surface area contributed by atoms with E-state index in [4.69, 9.17) is 17.3 Å². The van der Waals surface area contributed by atoms with Crippen LogP contribution in [0.2, 0.25) is 0 Å². The van der Waals surface area contributed by atoms with E-state index in [2.05, 4.69) is 15.5 Å². The molecule has 11 heteroatoms. The Labute approximate surface area is 221 Å². The number of rotatable bonds is 8. The molecule has 0 unspecified atom stereocenters. The van der Waals surface area contributed by atoms with Crippen LogP contribution in [0.15, 0.2) is 92.8 Å². The first kappa shape index (κ1) is 25.6. The van der Waals surface area contributed by atoms with Gasteiger partial charge in [-0.1, -0.05) is 24.3 Å². The van der Waals surface area contributed by atoms with E-state index in [0.29, 0.717) is 45.1 Å². The molecule has 8 nitrogen and oxygen atoms in total. The van der Waals surface area contributed by atoms with Crippen molar-refractivity contribution in [3.05, 3.63) is 72.8 Å². The van der Waals surface area contributed by atoms with Gasteiger partial charge in [-0.05, 0) is 65.9 Å². The Hall–Kier alpha value is -3.44. The van der Waals surface area contributed by atoms with Crippen LogP contribution in [0.4, 0.5) is 28.4 Å². The summed E-state index contributed by atoms with van der Waals surface area (Å²) in [5, 5.41) is 23.3. The first-order chi connectivity index (χ1) is 17.4. The second kappa shape index (κ2) is 11.5. The molecule has 0 radical (unpaired) electrons. The number of alkyl halides is 1. The second-order valence-corrected chi connectivity index (χ2v) is 9.72. The number of azo groups is 1. The van der Waals surface area contributed by atoms with Crippen LogP contribution in [-0.2, 0) is 4.79 Å². The summed E-state index contributed by atoms with van der Waals surface area (Å²) in [6.45, 7) is 0. The summed E-state index contributed by atoms with van der Waals surface area (Å²) in [6, 6.07) is 21.8. The third kappa shape index (κ3) is 5.85. The number of amides is 1. The van der Waals surface area contributed by atoms with Gasteiger partial charge in [0.05, 0.1) is 16.0 Å². The average Bonchev–Trinajstić information content (AvgIpc) is 2.89. The maximum absolute atomic E-state index is 11.5. The number of nitrogens with one attached hydrogen (secondary N) is 1. The molecule has 36 heavy (non-hydrogen) atoms. The Balaban J connectivity index is 1.66. The van der Waals surface area contributed by atoms with Crippen LogP contribution >= 0.6 is 35.6 Å². The van der Waals surface area contributed by atoms with Crippen LogP contribution < -0.4 is 15.4 Å². The van der Waals surface area contributed by atoms with Crippen LogP contribution in [0.1, 0.15) is 0 Å². The monoisotopic (exact) mass is 539 g/mol. The van der Waals surface area contributed by atoms with Gasteiger partial charge in [0.2, 0.25) is 5.91 Å². The smallest absolute Gasteiger partial charge is 0.239 e. The lowest BCUT2D eigenvalue weighted by atomic mass is 10.1. The summed E-state index contributed by atoms with van der Waals surface area (Å²) in [4.78, 5) is 12.7. The third-order valence-electron chi connectivity index (χ3n) is 5.16. The number of nitrogen functional groups attached to an aromatic ring is 1. The third-order valence-corrected chi connectivity index (χ3v) is 6.86. The number of nitrogens with two attached hydrogens (primary N) is 1. The number of phenolic OH excluding ortho intramolecular Hbond substituents is 1. The molecule has 1 amide bonds. The Morgan fingerprint density at radius 1 is 1.08 bits per heavy atom. The Kier molecular flexibility index (Phi) is 8.21. The highest BCUT2D eigenvalue weighted by Gasteiger charge is 2.14. The fourth-order valence-electron chi connectivity index (χ4n) is 3.47. The van der Waals surface area contributed by atoms with E-state index in [-0.39, 0.29) is 17.5 Å². The molecule has 0 aliphatic rings. The fourth-order valence-corrected chi connectivity index (χ4v) is 4.81. The molecule has 5 N–H and O–H groups in total. The molecule has 0 saturated heterocycles. The van der Waals surface area contributed by atoms with Gasteiger partial charge in [0.15, 0.2) is 0 Å². The number of phenols is 1. The zero-order valence-corrected chi connectivity index (χ0v) is 21.4. The van der Waals surface area contributed by atoms with Gasteiger partial charge in [-0.25, -0.2) is 0 Å². The minimum Gasteiger partial charge on any atom is -0.507 e. The van der Waals surface area contributed by atoms with Crippen molar-refractivity contribution >= 4 is 80.7 Å². The average molecular weight is 540 g/mol. The first-order valence-electron chi connectivity index (χ1n) is 10.6. The zero-order chi connectivity index (χ0) is 25.7. The summed E-state index contributed by atoms with van der Waals surface area (Å²) < 4.78 is 11.7. The van der Waals surface area contributed by atoms with Crippen molar-refractivity contribution in [3.63, 3.8) is 0 Å². The van der Waals surface area contributed by atoms with Crippen LogP contribution in [0.3, 0.4) is 0 Å². The van der Waals surface area contributed by atoms with Crippen LogP contribution in [0.25, 0.3) is 10.8 Å². The first-order valence-corrected chi connectivity index (χ1v) is 12.7. The molecule has 4 aromatic carbocycles. The van der Waals surface area contributed by atoms with Crippen molar-refractivity contribution in [1.82, 2.24) is 0 Å². The minimum atomic E-state index is -0.369. The molecular weight excluding hydrogens is 518 g/mol. The number of carbonyl (C=O) groups excluding carboxylic acids is 1. The van der Waals surface area contributed by atoms with E-state index in [1.54, 1.807) is 30.3 Å². The molecule has 0 aliphatic heterocycles. The van der Waals surface area contributed by atoms with E-state index in [9.17, 15) is 14.5 Å². The summed E-state index contributed by atoms with van der Waals surface area (Å²) in [5.41, 5.74) is 8.69. The van der Waals surface area contributed by atoms with Gasteiger partial charge < -0.3 is 25.0 Å². The maximum atomic E-state index is 11.5. The van der Waals surface area contributed by atoms with Crippen molar-refractivity contribution < 1.29 is 14.5 Å². The highest BCUT2D eigenvalue weighted by molar-refractivity contribution is 8.00. The SMILES string of the molecule is CN(Sc1cc(O)c2c(N=Nc3ccc(NC(=O)CCl)cc3SO)c(N)ccc2c1)c1ccccc1. The lowest BCUT2D eigenvalue weighted by molar-refractivity contribution is -0.113. The van der Waals surface area contributed by atoms with Gasteiger partial charge in [-0.15, -0.1) is 21.8 Å². The van der Waals surface area contributed by atoms with E-state index >= 15 is 0 Å². The lowest BCUT2D eigenvalue weighted by Gasteiger charge is -2.18. The molecule has 0 atom stereocenters. The Morgan fingerprint density at radius 3 is 2.58 bits per heavy atom. The molecule has 0 aliphatic carbocycles. The number of halogens is 1. The lowest BCUT2D eigenvalue weighted by Crippen LogP contribution is -2.12. The van der Waals surface area contributed by atoms with Crippen LogP contribution in [-0.4, -0.2) is 28.5 Å². The van der Waals surface area contributed by atoms with Gasteiger partial charge in [0.1, 0.15) is 23.0 Å². The summed E-state index contributed by atoms with van der Waals surface area (Å²) >= 11 is 7.47. The number of para-hydroxylation sites is 1. The van der Waals surface area contributed by atoms with Gasteiger partial charge >= 0.3 is 0 Å². The maximum Gasteiger partial charge on any atom is 0.239 e. The molecule has 4 aromatic rings. The quantitative estimate of drug-likeness (QED) is 0.0603. The molecule has 0 fully saturated rings. The van der Waals surface area contributed by atoms with Gasteiger partial charge in [-0.2, -0.15) is 0 Å². The number of benzene rings is 4. The number of fused-ring (bicyclic) bond motifs is 1. The molecular formula is C25H22ClN5O3S2. The largest absolute Gasteiger partial charge is 0.507 e. The molecule has 0 aromatic heterocycles. The Bertz CT molecular complexity index is 1440. The highest BCUT2D eigenvalue weighted by Crippen LogP contribution is 2.42. The van der Waals surface area contributed by atoms with Crippen molar-refractivity contribution in [2.75, 3.05) is 28.3 Å². The van der Waals surface area contributed by atoms with Gasteiger partial charge in [0, 0.05) is 35.4 Å². The summed E-state index contributed by atoms with van der Waals surface area (Å²) in [5.74, 6) is -0.532. The normalized spacial score (nSPS) is 11.2. The Morgan fingerprint density at radius 2 is 1.86 bits per heavy atom. The summed E-state index contributed by atoms with van der Waals surface area (Å²) in [7, 11) is 1.95. The van der Waals surface area contributed by atoms with E-state index in [1.165, 1.54) is 11.9 Å². The molecule has 0 bridgehead atoms. The zero-order valence-electron chi connectivity index (χ0n) is 19.1. The summed E-state index contributed by atoms with van der Waals surface area (Å²) in [6.07, 6.45) is 0. The molecule has 0 heterocycles. The van der Waals surface area contributed by atoms with E-state index < -0.39 is 0 Å². The fraction of sp³-hybridized carbons (Fsp3) is 0.0800. The topological polar surface area (TPSA) is 124 Å². The second-order valence-electron chi connectivity index (χ2n) is 7.62. The van der Waals surface area contributed by atoms with Gasteiger partial charge in [0.25, 0.3) is 0 Å². The predicted molar refractivity (Wildman–Crippen MR) is 149 cm³/mol. The highest BCUT2D eigenvalue weighted by atomic mass is 35.5. The molecule has 184 valence electrons. The van der Waals surface area contributed by atoms with E-state index in [0.717, 1.165) is 16.0 Å². The van der Waals surface area contributed by atoms with Crippen molar-refractivity contribution in [1.29, 1.82) is 0 Å². The van der Waals surface area contributed by atoms with Crippen LogP contribution in [0, 0.1) is 0 Å². The molecule has 0 saturated carbocycles. The number of hydrogen-bond acceptors (Lipinski definition) is 9. The number of anilines is 3. The number of nitrogens with zero attached hydrogens (tertiary/aromatic N) is 3. The molecule has 0 spiro atoms.